The first-order chi connectivity index (χ1) is 7.52. The Morgan fingerprint density at radius 3 is 2.62 bits per heavy atom. The Labute approximate surface area is 101 Å². The molecule has 1 aromatic carbocycles. The van der Waals surface area contributed by atoms with Crippen molar-refractivity contribution in [1.82, 2.24) is 4.98 Å². The van der Waals surface area contributed by atoms with Crippen LogP contribution in [0.15, 0.2) is 18.3 Å². The SMILES string of the molecule is Cc1ccc2ncc([N+](=O)[O-])c(Cl)c2c1Cl. The maximum Gasteiger partial charge on any atom is 0.306 e. The second-order valence-electron chi connectivity index (χ2n) is 3.31. The van der Waals surface area contributed by atoms with Gasteiger partial charge in [-0.25, -0.2) is 4.98 Å². The molecule has 0 atom stereocenters. The lowest BCUT2D eigenvalue weighted by atomic mass is 10.1. The Morgan fingerprint density at radius 1 is 1.31 bits per heavy atom. The Hall–Kier alpha value is -1.39. The van der Waals surface area contributed by atoms with Gasteiger partial charge in [-0.1, -0.05) is 29.3 Å². The number of nitrogens with zero attached hydrogens (tertiary/aromatic N) is 2. The summed E-state index contributed by atoms with van der Waals surface area (Å²) in [6, 6.07) is 3.52. The molecule has 6 heteroatoms. The van der Waals surface area contributed by atoms with Crippen LogP contribution >= 0.6 is 23.2 Å². The second kappa shape index (κ2) is 3.88. The molecule has 0 fully saturated rings. The van der Waals surface area contributed by atoms with Crippen molar-refractivity contribution in [2.24, 2.45) is 0 Å². The van der Waals surface area contributed by atoms with Crippen LogP contribution in [-0.4, -0.2) is 9.91 Å². The molecule has 16 heavy (non-hydrogen) atoms. The Balaban J connectivity index is 2.92. The van der Waals surface area contributed by atoms with Crippen LogP contribution in [-0.2, 0) is 0 Å². The maximum atomic E-state index is 10.7. The Morgan fingerprint density at radius 2 is 2.00 bits per heavy atom. The molecular formula is C10H6Cl2N2O2. The maximum absolute atomic E-state index is 10.7. The van der Waals surface area contributed by atoms with Crippen LogP contribution in [0.2, 0.25) is 10.0 Å². The minimum Gasteiger partial charge on any atom is -0.258 e. The first-order valence-corrected chi connectivity index (χ1v) is 5.15. The minimum atomic E-state index is -0.576. The quantitative estimate of drug-likeness (QED) is 0.577. The summed E-state index contributed by atoms with van der Waals surface area (Å²) >= 11 is 12.0. The Bertz CT molecular complexity index is 599. The Kier molecular flexibility index (Phi) is 2.69. The fourth-order valence-corrected chi connectivity index (χ4v) is 2.04. The molecule has 0 amide bonds. The molecule has 4 nitrogen and oxygen atoms in total. The average Bonchev–Trinajstić information content (AvgIpc) is 2.23. The highest BCUT2D eigenvalue weighted by molar-refractivity contribution is 6.43. The van der Waals surface area contributed by atoms with Gasteiger partial charge < -0.3 is 0 Å². The van der Waals surface area contributed by atoms with Gasteiger partial charge in [0.05, 0.1) is 15.5 Å². The number of aryl methyl sites for hydroxylation is 1. The van der Waals surface area contributed by atoms with E-state index in [1.165, 1.54) is 0 Å². The molecule has 2 rings (SSSR count). The highest BCUT2D eigenvalue weighted by atomic mass is 35.5. The zero-order valence-corrected chi connectivity index (χ0v) is 9.71. The van der Waals surface area contributed by atoms with Gasteiger partial charge in [0.2, 0.25) is 0 Å². The lowest BCUT2D eigenvalue weighted by Gasteiger charge is -2.05. The van der Waals surface area contributed by atoms with Gasteiger partial charge in [0.15, 0.2) is 0 Å². The van der Waals surface area contributed by atoms with E-state index in [0.717, 1.165) is 11.8 Å². The van der Waals surface area contributed by atoms with E-state index in [2.05, 4.69) is 4.98 Å². The molecule has 0 spiro atoms. The standard InChI is InChI=1S/C10H6Cl2N2O2/c1-5-2-3-6-8(9(5)11)10(12)7(4-13-6)14(15)16/h2-4H,1H3. The first-order valence-electron chi connectivity index (χ1n) is 4.40. The molecule has 0 saturated carbocycles. The highest BCUT2D eigenvalue weighted by Crippen LogP contribution is 2.36. The molecule has 0 radical (unpaired) electrons. The highest BCUT2D eigenvalue weighted by Gasteiger charge is 2.18. The number of nitro groups is 1. The lowest BCUT2D eigenvalue weighted by Crippen LogP contribution is -1.93. The summed E-state index contributed by atoms with van der Waals surface area (Å²) in [7, 11) is 0. The van der Waals surface area contributed by atoms with Crippen molar-refractivity contribution < 1.29 is 4.92 Å². The van der Waals surface area contributed by atoms with Gasteiger partial charge in [0.1, 0.15) is 11.2 Å². The van der Waals surface area contributed by atoms with Crippen molar-refractivity contribution in [2.45, 2.75) is 6.92 Å². The summed E-state index contributed by atoms with van der Waals surface area (Å²) in [5.41, 5.74) is 1.12. The molecule has 0 unspecified atom stereocenters. The van der Waals surface area contributed by atoms with E-state index in [1.54, 1.807) is 19.1 Å². The number of aromatic nitrogens is 1. The summed E-state index contributed by atoms with van der Waals surface area (Å²) in [5.74, 6) is 0. The van der Waals surface area contributed by atoms with Gasteiger partial charge in [-0.15, -0.1) is 0 Å². The van der Waals surface area contributed by atoms with Crippen LogP contribution in [0.1, 0.15) is 5.56 Å². The van der Waals surface area contributed by atoms with E-state index in [0.29, 0.717) is 15.9 Å². The predicted octanol–water partition coefficient (Wildman–Crippen LogP) is 3.76. The molecule has 0 aliphatic carbocycles. The normalized spacial score (nSPS) is 10.7. The molecule has 1 heterocycles. The van der Waals surface area contributed by atoms with Crippen molar-refractivity contribution in [3.05, 3.63) is 44.1 Å². The van der Waals surface area contributed by atoms with Gasteiger partial charge >= 0.3 is 5.69 Å². The molecule has 82 valence electrons. The van der Waals surface area contributed by atoms with Crippen molar-refractivity contribution in [3.8, 4) is 0 Å². The zero-order valence-electron chi connectivity index (χ0n) is 8.20. The third-order valence-electron chi connectivity index (χ3n) is 2.28. The monoisotopic (exact) mass is 256 g/mol. The predicted molar refractivity (Wildman–Crippen MR) is 63.2 cm³/mol. The average molecular weight is 257 g/mol. The third kappa shape index (κ3) is 1.60. The molecule has 0 N–H and O–H groups in total. The molecule has 1 aromatic heterocycles. The number of halogens is 2. The number of fused-ring (bicyclic) bond motifs is 1. The third-order valence-corrected chi connectivity index (χ3v) is 3.15. The number of benzene rings is 1. The minimum absolute atomic E-state index is 0.0312. The van der Waals surface area contributed by atoms with Crippen molar-refractivity contribution in [3.63, 3.8) is 0 Å². The number of pyridine rings is 1. The van der Waals surface area contributed by atoms with Crippen LogP contribution in [0, 0.1) is 17.0 Å². The van der Waals surface area contributed by atoms with E-state index in [4.69, 9.17) is 23.2 Å². The number of rotatable bonds is 1. The van der Waals surface area contributed by atoms with E-state index < -0.39 is 4.92 Å². The largest absolute Gasteiger partial charge is 0.306 e. The summed E-state index contributed by atoms with van der Waals surface area (Å²) in [6.45, 7) is 1.80. The zero-order chi connectivity index (χ0) is 11.9. The van der Waals surface area contributed by atoms with Gasteiger partial charge in [-0.2, -0.15) is 0 Å². The van der Waals surface area contributed by atoms with Crippen molar-refractivity contribution in [2.75, 3.05) is 0 Å². The van der Waals surface area contributed by atoms with Crippen molar-refractivity contribution >= 4 is 39.8 Å². The van der Waals surface area contributed by atoms with Crippen LogP contribution in [0.25, 0.3) is 10.9 Å². The molecule has 0 aliphatic heterocycles. The topological polar surface area (TPSA) is 56.0 Å². The van der Waals surface area contributed by atoms with Crippen LogP contribution < -0.4 is 0 Å². The summed E-state index contributed by atoms with van der Waals surface area (Å²) in [5, 5.41) is 11.6. The van der Waals surface area contributed by atoms with E-state index >= 15 is 0 Å². The smallest absolute Gasteiger partial charge is 0.258 e. The molecule has 0 aliphatic rings. The van der Waals surface area contributed by atoms with Gasteiger partial charge in [-0.05, 0) is 18.6 Å². The van der Waals surface area contributed by atoms with E-state index in [-0.39, 0.29) is 10.7 Å². The number of hydrogen-bond acceptors (Lipinski definition) is 3. The molecule has 2 aromatic rings. The van der Waals surface area contributed by atoms with Crippen LogP contribution in [0.4, 0.5) is 5.69 Å². The fraction of sp³-hybridized carbons (Fsp3) is 0.100. The lowest BCUT2D eigenvalue weighted by molar-refractivity contribution is -0.384. The van der Waals surface area contributed by atoms with E-state index in [1.807, 2.05) is 0 Å². The summed E-state index contributed by atoms with van der Waals surface area (Å²) < 4.78 is 0. The fourth-order valence-electron chi connectivity index (χ4n) is 1.43. The number of hydrogen-bond donors (Lipinski definition) is 0. The van der Waals surface area contributed by atoms with Gasteiger partial charge in [0.25, 0.3) is 0 Å². The van der Waals surface area contributed by atoms with Crippen LogP contribution in [0.3, 0.4) is 0 Å². The van der Waals surface area contributed by atoms with Gasteiger partial charge in [-0.3, -0.25) is 10.1 Å². The molecule has 0 bridgehead atoms. The second-order valence-corrected chi connectivity index (χ2v) is 4.06. The summed E-state index contributed by atoms with van der Waals surface area (Å²) in [6.07, 6.45) is 1.14. The molecule has 0 saturated heterocycles. The first kappa shape index (κ1) is 11.1. The molecular weight excluding hydrogens is 251 g/mol. The van der Waals surface area contributed by atoms with Crippen molar-refractivity contribution in [1.29, 1.82) is 0 Å². The van der Waals surface area contributed by atoms with Crippen LogP contribution in [0.5, 0.6) is 0 Å². The van der Waals surface area contributed by atoms with Gasteiger partial charge in [0, 0.05) is 5.39 Å². The summed E-state index contributed by atoms with van der Waals surface area (Å²) in [4.78, 5) is 14.1. The van der Waals surface area contributed by atoms with E-state index in [9.17, 15) is 10.1 Å².